The molecule has 3 nitrogen and oxygen atoms in total. The predicted octanol–water partition coefficient (Wildman–Crippen LogP) is 11.2. The highest BCUT2D eigenvalue weighted by Crippen LogP contribution is 2.52. The molecule has 216 valence electrons. The number of hydrogen-bond acceptors (Lipinski definition) is 3. The third-order valence-electron chi connectivity index (χ3n) is 8.71. The van der Waals surface area contributed by atoms with Crippen LogP contribution in [0.1, 0.15) is 0 Å². The van der Waals surface area contributed by atoms with Gasteiger partial charge in [0.2, 0.25) is 0 Å². The van der Waals surface area contributed by atoms with Crippen LogP contribution in [0.4, 0.5) is 0 Å². The lowest BCUT2D eigenvalue weighted by atomic mass is 9.99. The summed E-state index contributed by atoms with van der Waals surface area (Å²) in [5.74, 6) is 0. The van der Waals surface area contributed by atoms with Crippen molar-refractivity contribution in [2.75, 3.05) is 0 Å². The first-order valence-corrected chi connectivity index (χ1v) is 16.2. The zero-order chi connectivity index (χ0) is 30.5. The van der Waals surface area contributed by atoms with Crippen LogP contribution in [0.15, 0.2) is 174 Å². The average Bonchev–Trinajstić information content (AvgIpc) is 3.40. The predicted molar refractivity (Wildman–Crippen MR) is 190 cm³/mol. The van der Waals surface area contributed by atoms with Crippen LogP contribution in [0.5, 0.6) is 0 Å². The minimum absolute atomic E-state index is 0.962. The number of rotatable bonds is 4. The first-order valence-electron chi connectivity index (χ1n) is 15.4. The second-order valence-electron chi connectivity index (χ2n) is 11.5. The van der Waals surface area contributed by atoms with Gasteiger partial charge >= 0.3 is 0 Å². The Kier molecular flexibility index (Phi) is 6.39. The molecule has 1 aliphatic heterocycles. The van der Waals surface area contributed by atoms with E-state index in [0.29, 0.717) is 0 Å². The van der Waals surface area contributed by atoms with Gasteiger partial charge in [-0.1, -0.05) is 121 Å². The third-order valence-corrected chi connectivity index (χ3v) is 9.86. The molecule has 1 aliphatic rings. The van der Waals surface area contributed by atoms with E-state index in [2.05, 4.69) is 149 Å². The summed E-state index contributed by atoms with van der Waals surface area (Å²) in [5, 5.41) is 1.22. The highest BCUT2D eigenvalue weighted by Gasteiger charge is 2.27. The number of aromatic nitrogens is 3. The fourth-order valence-corrected chi connectivity index (χ4v) is 7.63. The van der Waals surface area contributed by atoms with Crippen molar-refractivity contribution in [2.45, 2.75) is 9.79 Å². The monoisotopic (exact) mass is 605 g/mol. The third kappa shape index (κ3) is 4.46. The quantitative estimate of drug-likeness (QED) is 0.200. The maximum atomic E-state index is 5.08. The van der Waals surface area contributed by atoms with E-state index in [9.17, 15) is 0 Å². The lowest BCUT2D eigenvalue weighted by Crippen LogP contribution is -1.98. The zero-order valence-corrected chi connectivity index (χ0v) is 25.7. The van der Waals surface area contributed by atoms with Crippen LogP contribution >= 0.6 is 11.8 Å². The van der Waals surface area contributed by atoms with Crippen LogP contribution in [-0.4, -0.2) is 14.5 Å². The van der Waals surface area contributed by atoms with Crippen LogP contribution in [0.2, 0.25) is 0 Å². The average molecular weight is 606 g/mol. The molecule has 0 N–H and O–H groups in total. The van der Waals surface area contributed by atoms with Gasteiger partial charge in [0, 0.05) is 61.1 Å². The summed E-state index contributed by atoms with van der Waals surface area (Å²) < 4.78 is 2.42. The fraction of sp³-hybridized carbons (Fsp3) is 0. The Bertz CT molecular complexity index is 2320. The molecule has 0 atom stereocenters. The molecule has 4 heteroatoms. The number of para-hydroxylation sites is 1. The Labute approximate surface area is 271 Å². The molecule has 8 aromatic rings. The van der Waals surface area contributed by atoms with Gasteiger partial charge in [0.25, 0.3) is 0 Å². The Hall–Kier alpha value is -5.71. The molecule has 46 heavy (non-hydrogen) atoms. The second kappa shape index (κ2) is 11.0. The minimum atomic E-state index is 0.962. The first kappa shape index (κ1) is 26.7. The number of hydrogen-bond donors (Lipinski definition) is 0. The molecule has 0 spiro atoms. The van der Waals surface area contributed by atoms with E-state index in [1.54, 1.807) is 0 Å². The molecule has 0 saturated heterocycles. The molecule has 0 bridgehead atoms. The summed E-state index contributed by atoms with van der Waals surface area (Å²) in [4.78, 5) is 12.1. The van der Waals surface area contributed by atoms with Gasteiger partial charge in [0.05, 0.1) is 22.6 Å². The lowest BCUT2D eigenvalue weighted by Gasteiger charge is -2.15. The van der Waals surface area contributed by atoms with Crippen molar-refractivity contribution in [3.05, 3.63) is 164 Å². The zero-order valence-electron chi connectivity index (χ0n) is 24.8. The van der Waals surface area contributed by atoms with Crippen molar-refractivity contribution in [3.63, 3.8) is 0 Å². The topological polar surface area (TPSA) is 30.7 Å². The number of pyridine rings is 2. The summed E-state index contributed by atoms with van der Waals surface area (Å²) in [7, 11) is 0. The summed E-state index contributed by atoms with van der Waals surface area (Å²) in [5.41, 5.74) is 13.5. The van der Waals surface area contributed by atoms with E-state index in [1.807, 2.05) is 36.3 Å². The van der Waals surface area contributed by atoms with E-state index >= 15 is 0 Å². The first-order chi connectivity index (χ1) is 22.8. The van der Waals surface area contributed by atoms with Crippen molar-refractivity contribution in [1.82, 2.24) is 14.5 Å². The highest BCUT2D eigenvalue weighted by molar-refractivity contribution is 7.99. The SMILES string of the molecule is c1ccc(-c2cc(-c3ccc(-n4c5c(c6ccccc64)-c4cnccc4Sc4ccccc4-5)cc3)cc(-c3ccccc3)n2)cc1. The van der Waals surface area contributed by atoms with Crippen LogP contribution in [0, 0.1) is 0 Å². The summed E-state index contributed by atoms with van der Waals surface area (Å²) >= 11 is 1.82. The highest BCUT2D eigenvalue weighted by atomic mass is 32.2. The lowest BCUT2D eigenvalue weighted by molar-refractivity contribution is 1.13. The van der Waals surface area contributed by atoms with Crippen LogP contribution in [0.25, 0.3) is 72.6 Å². The van der Waals surface area contributed by atoms with Gasteiger partial charge in [-0.05, 0) is 53.6 Å². The summed E-state index contributed by atoms with van der Waals surface area (Å²) in [6.45, 7) is 0. The molecule has 9 rings (SSSR count). The second-order valence-corrected chi connectivity index (χ2v) is 12.5. The fourth-order valence-electron chi connectivity index (χ4n) is 6.58. The molecule has 0 amide bonds. The minimum Gasteiger partial charge on any atom is -0.309 e. The Morgan fingerprint density at radius 1 is 0.500 bits per heavy atom. The maximum absolute atomic E-state index is 5.08. The summed E-state index contributed by atoms with van der Waals surface area (Å²) in [6.07, 6.45) is 3.91. The molecule has 5 aromatic carbocycles. The Morgan fingerprint density at radius 2 is 1.13 bits per heavy atom. The van der Waals surface area contributed by atoms with Gasteiger partial charge < -0.3 is 4.57 Å². The summed E-state index contributed by atoms with van der Waals surface area (Å²) in [6, 6.07) is 53.8. The molecule has 3 aromatic heterocycles. The number of fused-ring (bicyclic) bond motifs is 7. The Morgan fingerprint density at radius 3 is 1.87 bits per heavy atom. The molecular formula is C42H27N3S. The van der Waals surface area contributed by atoms with Crippen molar-refractivity contribution >= 4 is 22.7 Å². The van der Waals surface area contributed by atoms with Crippen LogP contribution in [0.3, 0.4) is 0 Å². The van der Waals surface area contributed by atoms with E-state index in [1.165, 1.54) is 43.1 Å². The van der Waals surface area contributed by atoms with E-state index < -0.39 is 0 Å². The van der Waals surface area contributed by atoms with Gasteiger partial charge in [-0.3, -0.25) is 4.98 Å². The largest absolute Gasteiger partial charge is 0.309 e. The van der Waals surface area contributed by atoms with Crippen molar-refractivity contribution in [3.8, 4) is 61.7 Å². The Balaban J connectivity index is 1.24. The molecule has 0 saturated carbocycles. The molecule has 4 heterocycles. The van der Waals surface area contributed by atoms with E-state index in [4.69, 9.17) is 4.98 Å². The van der Waals surface area contributed by atoms with Crippen LogP contribution < -0.4 is 0 Å². The molecule has 0 unspecified atom stereocenters. The number of nitrogens with zero attached hydrogens (tertiary/aromatic N) is 3. The molecular weight excluding hydrogens is 579 g/mol. The van der Waals surface area contributed by atoms with Gasteiger partial charge in [-0.25, -0.2) is 4.98 Å². The van der Waals surface area contributed by atoms with Crippen LogP contribution in [-0.2, 0) is 0 Å². The van der Waals surface area contributed by atoms with Gasteiger partial charge in [0.15, 0.2) is 0 Å². The maximum Gasteiger partial charge on any atom is 0.0715 e. The number of benzene rings is 5. The normalized spacial score (nSPS) is 11.8. The van der Waals surface area contributed by atoms with Crippen molar-refractivity contribution in [1.29, 1.82) is 0 Å². The van der Waals surface area contributed by atoms with Crippen molar-refractivity contribution < 1.29 is 0 Å². The smallest absolute Gasteiger partial charge is 0.0715 e. The van der Waals surface area contributed by atoms with Gasteiger partial charge in [0.1, 0.15) is 0 Å². The van der Waals surface area contributed by atoms with E-state index in [-0.39, 0.29) is 0 Å². The molecule has 0 radical (unpaired) electrons. The molecule has 0 aliphatic carbocycles. The van der Waals surface area contributed by atoms with E-state index in [0.717, 1.165) is 39.3 Å². The van der Waals surface area contributed by atoms with Gasteiger partial charge in [-0.2, -0.15) is 0 Å². The molecule has 0 fully saturated rings. The standard InChI is InChI=1S/C42H27N3S/c1-3-11-29(12-4-1)36-25-31(26-37(44-36)30-13-5-2-6-14-30)28-19-21-32(22-20-28)45-38-17-9-7-15-33(38)41-35-27-43-24-23-40(35)46-39-18-10-8-16-34(39)42(41)45/h1-27H. The van der Waals surface area contributed by atoms with Crippen molar-refractivity contribution in [2.24, 2.45) is 0 Å². The van der Waals surface area contributed by atoms with Gasteiger partial charge in [-0.15, -0.1) is 0 Å².